The normalized spacial score (nSPS) is 12.9. The first-order valence-electron chi connectivity index (χ1n) is 25.4. The van der Waals surface area contributed by atoms with E-state index in [9.17, 15) is 15.0 Å². The number of carbonyl (C=O) groups is 1. The molecule has 3 N–H and O–H groups in total. The van der Waals surface area contributed by atoms with E-state index in [1.165, 1.54) is 244 Å². The van der Waals surface area contributed by atoms with Crippen molar-refractivity contribution < 1.29 is 15.0 Å². The highest BCUT2D eigenvalue weighted by Gasteiger charge is 2.18. The van der Waals surface area contributed by atoms with Crippen LogP contribution in [0.3, 0.4) is 0 Å². The lowest BCUT2D eigenvalue weighted by Gasteiger charge is -2.20. The molecule has 0 rings (SSSR count). The average Bonchev–Trinajstić information content (AvgIpc) is 3.19. The van der Waals surface area contributed by atoms with Gasteiger partial charge in [0.2, 0.25) is 5.91 Å². The van der Waals surface area contributed by atoms with Crippen LogP contribution < -0.4 is 5.32 Å². The van der Waals surface area contributed by atoms with Crippen LogP contribution >= 0.6 is 0 Å². The Balaban J connectivity index is 3.48. The first-order valence-corrected chi connectivity index (χ1v) is 25.4. The van der Waals surface area contributed by atoms with Crippen molar-refractivity contribution in [1.82, 2.24) is 5.32 Å². The lowest BCUT2D eigenvalue weighted by atomic mass is 10.0. The van der Waals surface area contributed by atoms with Crippen LogP contribution in [-0.4, -0.2) is 34.9 Å². The number of aliphatic hydroxyl groups is 2. The van der Waals surface area contributed by atoms with Crippen molar-refractivity contribution in [2.45, 2.75) is 302 Å². The minimum Gasteiger partial charge on any atom is -0.394 e. The summed E-state index contributed by atoms with van der Waals surface area (Å²) in [7, 11) is 0. The molecule has 0 aliphatic heterocycles. The first kappa shape index (κ1) is 54.1. The third kappa shape index (κ3) is 44.1. The second kappa shape index (κ2) is 47.5. The van der Waals surface area contributed by atoms with Gasteiger partial charge < -0.3 is 15.5 Å². The predicted octanol–water partition coefficient (Wildman–Crippen LogP) is 16.2. The maximum atomic E-state index is 12.4. The van der Waals surface area contributed by atoms with Gasteiger partial charge in [0, 0.05) is 6.42 Å². The van der Waals surface area contributed by atoms with Crippen molar-refractivity contribution in [3.8, 4) is 0 Å². The van der Waals surface area contributed by atoms with Crippen molar-refractivity contribution in [2.75, 3.05) is 6.61 Å². The molecule has 2 unspecified atom stereocenters. The summed E-state index contributed by atoms with van der Waals surface area (Å²) < 4.78 is 0. The summed E-state index contributed by atoms with van der Waals surface area (Å²) in [5.41, 5.74) is 0. The highest BCUT2D eigenvalue weighted by molar-refractivity contribution is 5.76. The summed E-state index contributed by atoms with van der Waals surface area (Å²) >= 11 is 0. The van der Waals surface area contributed by atoms with E-state index in [0.29, 0.717) is 6.42 Å². The van der Waals surface area contributed by atoms with E-state index >= 15 is 0 Å². The van der Waals surface area contributed by atoms with Crippen LogP contribution in [0.25, 0.3) is 0 Å². The quantitative estimate of drug-likeness (QED) is 0.0426. The Morgan fingerprint density at radius 3 is 0.945 bits per heavy atom. The zero-order chi connectivity index (χ0) is 40.0. The van der Waals surface area contributed by atoms with Gasteiger partial charge in [0.25, 0.3) is 0 Å². The fourth-order valence-corrected chi connectivity index (χ4v) is 8.12. The lowest BCUT2D eigenvalue weighted by Crippen LogP contribution is -2.45. The zero-order valence-electron chi connectivity index (χ0n) is 37.7. The minimum absolute atomic E-state index is 0.0574. The van der Waals surface area contributed by atoms with Crippen LogP contribution in [0.4, 0.5) is 0 Å². The van der Waals surface area contributed by atoms with Crippen molar-refractivity contribution in [1.29, 1.82) is 0 Å². The molecule has 0 spiro atoms. The largest absolute Gasteiger partial charge is 0.394 e. The molecular formula is C51H101NO3. The van der Waals surface area contributed by atoms with Gasteiger partial charge in [-0.2, -0.15) is 0 Å². The summed E-state index contributed by atoms with van der Waals surface area (Å²) in [4.78, 5) is 12.4. The SMILES string of the molecule is CCCCCCCCCCCCCCCCCCCCCCCC/C=C/C(O)C(CO)NC(=O)CCCCCCCCCCCCCCCCCCCCC. The molecule has 0 bridgehead atoms. The topological polar surface area (TPSA) is 69.6 Å². The molecule has 0 aromatic heterocycles. The van der Waals surface area contributed by atoms with E-state index in [4.69, 9.17) is 0 Å². The molecule has 2 atom stereocenters. The molecule has 0 aliphatic rings. The smallest absolute Gasteiger partial charge is 0.220 e. The second-order valence-electron chi connectivity index (χ2n) is 17.6. The Hall–Kier alpha value is -0.870. The number of nitrogens with one attached hydrogen (secondary N) is 1. The molecule has 328 valence electrons. The van der Waals surface area contributed by atoms with Gasteiger partial charge in [0.05, 0.1) is 18.8 Å². The van der Waals surface area contributed by atoms with Gasteiger partial charge in [0.15, 0.2) is 0 Å². The molecule has 4 nitrogen and oxygen atoms in total. The van der Waals surface area contributed by atoms with Crippen LogP contribution in [0, 0.1) is 0 Å². The first-order chi connectivity index (χ1) is 27.2. The van der Waals surface area contributed by atoms with Crippen molar-refractivity contribution >= 4 is 5.91 Å². The molecule has 0 saturated carbocycles. The van der Waals surface area contributed by atoms with E-state index in [2.05, 4.69) is 19.2 Å². The number of hydrogen-bond donors (Lipinski definition) is 3. The number of allylic oxidation sites excluding steroid dienone is 1. The summed E-state index contributed by atoms with van der Waals surface area (Å²) in [5, 5.41) is 23.1. The third-order valence-corrected chi connectivity index (χ3v) is 12.0. The van der Waals surface area contributed by atoms with Gasteiger partial charge in [-0.25, -0.2) is 0 Å². The summed E-state index contributed by atoms with van der Waals surface area (Å²) in [6.45, 7) is 4.34. The minimum atomic E-state index is -0.834. The predicted molar refractivity (Wildman–Crippen MR) is 244 cm³/mol. The third-order valence-electron chi connectivity index (χ3n) is 12.0. The van der Waals surface area contributed by atoms with Gasteiger partial charge >= 0.3 is 0 Å². The highest BCUT2D eigenvalue weighted by atomic mass is 16.3. The molecule has 1 amide bonds. The Kier molecular flexibility index (Phi) is 46.8. The Bertz CT molecular complexity index is 754. The summed E-state index contributed by atoms with van der Waals surface area (Å²) in [5.74, 6) is -0.0574. The van der Waals surface area contributed by atoms with Gasteiger partial charge in [-0.05, 0) is 19.3 Å². The molecule has 0 aromatic rings. The maximum absolute atomic E-state index is 12.4. The van der Waals surface area contributed by atoms with E-state index in [1.807, 2.05) is 6.08 Å². The lowest BCUT2D eigenvalue weighted by molar-refractivity contribution is -0.123. The van der Waals surface area contributed by atoms with Crippen LogP contribution in [0.2, 0.25) is 0 Å². The Labute approximate surface area is 346 Å². The molecule has 0 aromatic carbocycles. The monoisotopic (exact) mass is 776 g/mol. The van der Waals surface area contributed by atoms with Crippen LogP contribution in [0.5, 0.6) is 0 Å². The average molecular weight is 776 g/mol. The molecule has 0 fully saturated rings. The number of rotatable bonds is 47. The zero-order valence-corrected chi connectivity index (χ0v) is 37.7. The fourth-order valence-electron chi connectivity index (χ4n) is 8.12. The fraction of sp³-hybridized carbons (Fsp3) is 0.941. The van der Waals surface area contributed by atoms with Crippen LogP contribution in [0.1, 0.15) is 290 Å². The summed E-state index contributed by atoms with van der Waals surface area (Å²) in [6, 6.07) is -0.617. The molecule has 0 saturated heterocycles. The van der Waals surface area contributed by atoms with Gasteiger partial charge in [-0.3, -0.25) is 4.79 Å². The Morgan fingerprint density at radius 1 is 0.418 bits per heavy atom. The van der Waals surface area contributed by atoms with E-state index < -0.39 is 12.1 Å². The molecule has 0 radical (unpaired) electrons. The molecular weight excluding hydrogens is 675 g/mol. The van der Waals surface area contributed by atoms with Crippen molar-refractivity contribution in [3.63, 3.8) is 0 Å². The second-order valence-corrected chi connectivity index (χ2v) is 17.6. The van der Waals surface area contributed by atoms with Crippen LogP contribution in [0.15, 0.2) is 12.2 Å². The molecule has 0 aliphatic carbocycles. The number of aliphatic hydroxyl groups excluding tert-OH is 2. The molecule has 4 heteroatoms. The van der Waals surface area contributed by atoms with Gasteiger partial charge in [0.1, 0.15) is 0 Å². The van der Waals surface area contributed by atoms with E-state index in [0.717, 1.165) is 25.7 Å². The number of hydrogen-bond acceptors (Lipinski definition) is 3. The number of unbranched alkanes of at least 4 members (excludes halogenated alkanes) is 40. The van der Waals surface area contributed by atoms with Gasteiger partial charge in [-0.1, -0.05) is 276 Å². The van der Waals surface area contributed by atoms with E-state index in [1.54, 1.807) is 6.08 Å². The molecule has 55 heavy (non-hydrogen) atoms. The van der Waals surface area contributed by atoms with Crippen molar-refractivity contribution in [3.05, 3.63) is 12.2 Å². The highest BCUT2D eigenvalue weighted by Crippen LogP contribution is 2.17. The summed E-state index contributed by atoms with van der Waals surface area (Å²) in [6.07, 6.45) is 60.6. The van der Waals surface area contributed by atoms with Gasteiger partial charge in [-0.15, -0.1) is 0 Å². The number of carbonyl (C=O) groups excluding carboxylic acids is 1. The molecule has 0 heterocycles. The maximum Gasteiger partial charge on any atom is 0.220 e. The standard InChI is InChI=1S/C51H101NO3/c1-3-5-7-9-11-13-15-17-19-21-23-24-25-26-27-29-30-32-34-36-38-40-42-44-46-50(54)49(48-53)52-51(55)47-45-43-41-39-37-35-33-31-28-22-20-18-16-14-12-10-8-6-4-2/h44,46,49-50,53-54H,3-43,45,47-48H2,1-2H3,(H,52,55)/b46-44+. The Morgan fingerprint density at radius 2 is 0.673 bits per heavy atom. The number of amides is 1. The van der Waals surface area contributed by atoms with Crippen LogP contribution in [-0.2, 0) is 4.79 Å². The van der Waals surface area contributed by atoms with E-state index in [-0.39, 0.29) is 12.5 Å². The van der Waals surface area contributed by atoms with Crippen molar-refractivity contribution in [2.24, 2.45) is 0 Å².